The number of rotatable bonds is 2. The smallest absolute Gasteiger partial charge is 0.258 e. The molecule has 2 heterocycles. The molecule has 1 aliphatic heterocycles. The number of aromatic nitrogens is 2. The minimum atomic E-state index is 0.154. The van der Waals surface area contributed by atoms with Gasteiger partial charge in [0.15, 0.2) is 0 Å². The number of hydrogen-bond donors (Lipinski definition) is 1. The minimum absolute atomic E-state index is 0.154. The Bertz CT molecular complexity index is 470. The van der Waals surface area contributed by atoms with Crippen LogP contribution >= 0.6 is 0 Å². The van der Waals surface area contributed by atoms with Crippen molar-refractivity contribution in [3.8, 4) is 0 Å². The fourth-order valence-electron chi connectivity index (χ4n) is 2.85. The van der Waals surface area contributed by atoms with Crippen LogP contribution in [-0.4, -0.2) is 53.8 Å². The summed E-state index contributed by atoms with van der Waals surface area (Å²) in [6.45, 7) is 9.90. The Balaban J connectivity index is 2.28. The van der Waals surface area contributed by atoms with Gasteiger partial charge in [-0.15, -0.1) is 0 Å². The number of likely N-dealkylation sites (N-methyl/N-ethyl adjacent to an activating group) is 1. The number of amides is 1. The molecule has 0 saturated carbocycles. The van der Waals surface area contributed by atoms with Gasteiger partial charge in [-0.1, -0.05) is 13.8 Å². The molecular weight excluding hydrogens is 240 g/mol. The summed E-state index contributed by atoms with van der Waals surface area (Å²) in [5.41, 5.74) is 2.72. The van der Waals surface area contributed by atoms with Crippen LogP contribution in [0.4, 0.5) is 0 Å². The lowest BCUT2D eigenvalue weighted by molar-refractivity contribution is -0.883. The molecule has 1 N–H and O–H groups in total. The number of carbonyl (C=O) groups is 1. The maximum Gasteiger partial charge on any atom is 0.258 e. The van der Waals surface area contributed by atoms with E-state index >= 15 is 0 Å². The molecule has 1 saturated heterocycles. The predicted octanol–water partition coefficient (Wildman–Crippen LogP) is -0.178. The average molecular weight is 265 g/mol. The van der Waals surface area contributed by atoms with Gasteiger partial charge in [0.05, 0.1) is 50.2 Å². The molecular formula is C14H25N4O+. The SMILES string of the molecule is Cc1nn(C)c(C(C)C)c1C(=O)N1CC[NH+](C)CC1. The molecule has 5 heteroatoms. The lowest BCUT2D eigenvalue weighted by atomic mass is 10.0. The predicted molar refractivity (Wildman–Crippen MR) is 74.6 cm³/mol. The lowest BCUT2D eigenvalue weighted by Crippen LogP contribution is -3.12. The molecule has 0 atom stereocenters. The van der Waals surface area contributed by atoms with Gasteiger partial charge in [0.1, 0.15) is 0 Å². The van der Waals surface area contributed by atoms with Gasteiger partial charge in [-0.3, -0.25) is 9.48 Å². The minimum Gasteiger partial charge on any atom is -0.334 e. The second kappa shape index (κ2) is 5.33. The van der Waals surface area contributed by atoms with Gasteiger partial charge in [-0.2, -0.15) is 5.10 Å². The zero-order valence-electron chi connectivity index (χ0n) is 12.7. The van der Waals surface area contributed by atoms with Crippen molar-refractivity contribution in [3.63, 3.8) is 0 Å². The summed E-state index contributed by atoms with van der Waals surface area (Å²) in [4.78, 5) is 16.2. The highest BCUT2D eigenvalue weighted by Gasteiger charge is 2.28. The van der Waals surface area contributed by atoms with E-state index in [1.54, 1.807) is 0 Å². The molecule has 0 aliphatic carbocycles. The van der Waals surface area contributed by atoms with Gasteiger partial charge in [0, 0.05) is 7.05 Å². The van der Waals surface area contributed by atoms with E-state index < -0.39 is 0 Å². The average Bonchev–Trinajstić information content (AvgIpc) is 2.64. The van der Waals surface area contributed by atoms with E-state index in [4.69, 9.17) is 0 Å². The van der Waals surface area contributed by atoms with Crippen molar-refractivity contribution in [2.75, 3.05) is 33.2 Å². The topological polar surface area (TPSA) is 42.6 Å². The number of nitrogens with zero attached hydrogens (tertiary/aromatic N) is 3. The molecule has 106 valence electrons. The fourth-order valence-corrected chi connectivity index (χ4v) is 2.85. The summed E-state index contributed by atoms with van der Waals surface area (Å²) in [6, 6.07) is 0. The first-order chi connectivity index (χ1) is 8.91. The molecule has 1 fully saturated rings. The van der Waals surface area contributed by atoms with Crippen LogP contribution in [0, 0.1) is 6.92 Å². The molecule has 0 bridgehead atoms. The summed E-state index contributed by atoms with van der Waals surface area (Å²) in [5, 5.41) is 4.43. The molecule has 1 amide bonds. The Morgan fingerprint density at radius 1 is 1.32 bits per heavy atom. The summed E-state index contributed by atoms with van der Waals surface area (Å²) >= 11 is 0. The van der Waals surface area contributed by atoms with Gasteiger partial charge < -0.3 is 9.80 Å². The molecule has 0 unspecified atom stereocenters. The Hall–Kier alpha value is -1.36. The number of hydrogen-bond acceptors (Lipinski definition) is 2. The van der Waals surface area contributed by atoms with Gasteiger partial charge in [0.2, 0.25) is 0 Å². The molecule has 2 rings (SSSR count). The fraction of sp³-hybridized carbons (Fsp3) is 0.714. The van der Waals surface area contributed by atoms with Crippen LogP contribution in [-0.2, 0) is 7.05 Å². The van der Waals surface area contributed by atoms with Crippen LogP contribution in [0.3, 0.4) is 0 Å². The van der Waals surface area contributed by atoms with Crippen molar-refractivity contribution in [2.24, 2.45) is 7.05 Å². The van der Waals surface area contributed by atoms with Crippen molar-refractivity contribution in [1.82, 2.24) is 14.7 Å². The zero-order valence-corrected chi connectivity index (χ0v) is 12.7. The lowest BCUT2D eigenvalue weighted by Gasteiger charge is -2.30. The van der Waals surface area contributed by atoms with Crippen LogP contribution in [0.25, 0.3) is 0 Å². The van der Waals surface area contributed by atoms with Crippen LogP contribution < -0.4 is 4.90 Å². The third-order valence-electron chi connectivity index (χ3n) is 3.93. The first-order valence-electron chi connectivity index (χ1n) is 7.06. The third-order valence-corrected chi connectivity index (χ3v) is 3.93. The first-order valence-corrected chi connectivity index (χ1v) is 7.06. The highest BCUT2D eigenvalue weighted by molar-refractivity contribution is 5.96. The van der Waals surface area contributed by atoms with E-state index in [9.17, 15) is 4.79 Å². The zero-order chi connectivity index (χ0) is 14.2. The number of aryl methyl sites for hydroxylation is 2. The van der Waals surface area contributed by atoms with E-state index in [0.717, 1.165) is 43.1 Å². The van der Waals surface area contributed by atoms with Crippen LogP contribution in [0.15, 0.2) is 0 Å². The van der Waals surface area contributed by atoms with E-state index in [1.165, 1.54) is 4.90 Å². The normalized spacial score (nSPS) is 17.3. The maximum absolute atomic E-state index is 12.7. The summed E-state index contributed by atoms with van der Waals surface area (Å²) in [6.07, 6.45) is 0. The standard InChI is InChI=1S/C14H24N4O/c1-10(2)13-12(11(3)15-17(13)5)14(19)18-8-6-16(4)7-9-18/h10H,6-9H2,1-5H3/p+1. The van der Waals surface area contributed by atoms with E-state index in [0.29, 0.717) is 5.92 Å². The third kappa shape index (κ3) is 2.66. The molecule has 0 radical (unpaired) electrons. The molecule has 5 nitrogen and oxygen atoms in total. The van der Waals surface area contributed by atoms with Gasteiger partial charge >= 0.3 is 0 Å². The highest BCUT2D eigenvalue weighted by atomic mass is 16.2. The summed E-state index contributed by atoms with van der Waals surface area (Å²) < 4.78 is 1.86. The quantitative estimate of drug-likeness (QED) is 0.806. The Morgan fingerprint density at radius 3 is 2.42 bits per heavy atom. The molecule has 0 spiro atoms. The number of piperazine rings is 1. The number of nitrogens with one attached hydrogen (secondary N) is 1. The Kier molecular flexibility index (Phi) is 3.94. The number of carbonyl (C=O) groups excluding carboxylic acids is 1. The second-order valence-electron chi connectivity index (χ2n) is 5.87. The maximum atomic E-state index is 12.7. The van der Waals surface area contributed by atoms with Crippen molar-refractivity contribution in [1.29, 1.82) is 0 Å². The van der Waals surface area contributed by atoms with Crippen LogP contribution in [0.1, 0.15) is 41.5 Å². The van der Waals surface area contributed by atoms with E-state index in [1.807, 2.05) is 23.6 Å². The number of quaternary nitrogens is 1. The Labute approximate surface area is 115 Å². The molecule has 1 aromatic rings. The molecule has 0 aromatic carbocycles. The monoisotopic (exact) mass is 265 g/mol. The molecule has 1 aliphatic rings. The molecule has 1 aromatic heterocycles. The van der Waals surface area contributed by atoms with Crippen molar-refractivity contribution in [3.05, 3.63) is 17.0 Å². The van der Waals surface area contributed by atoms with Crippen molar-refractivity contribution >= 4 is 5.91 Å². The second-order valence-corrected chi connectivity index (χ2v) is 5.87. The first kappa shape index (κ1) is 14.1. The van der Waals surface area contributed by atoms with Gasteiger partial charge in [0.25, 0.3) is 5.91 Å². The van der Waals surface area contributed by atoms with Gasteiger partial charge in [-0.25, -0.2) is 0 Å². The van der Waals surface area contributed by atoms with Crippen LogP contribution in [0.2, 0.25) is 0 Å². The summed E-state index contributed by atoms with van der Waals surface area (Å²) in [5.74, 6) is 0.463. The van der Waals surface area contributed by atoms with E-state index in [2.05, 4.69) is 26.0 Å². The highest BCUT2D eigenvalue weighted by Crippen LogP contribution is 2.23. The van der Waals surface area contributed by atoms with E-state index in [-0.39, 0.29) is 5.91 Å². The van der Waals surface area contributed by atoms with Crippen molar-refractivity contribution in [2.45, 2.75) is 26.7 Å². The van der Waals surface area contributed by atoms with Crippen molar-refractivity contribution < 1.29 is 9.69 Å². The van der Waals surface area contributed by atoms with Gasteiger partial charge in [-0.05, 0) is 12.8 Å². The summed E-state index contributed by atoms with van der Waals surface area (Å²) in [7, 11) is 4.10. The largest absolute Gasteiger partial charge is 0.334 e. The molecule has 19 heavy (non-hydrogen) atoms. The Morgan fingerprint density at radius 2 is 1.89 bits per heavy atom. The van der Waals surface area contributed by atoms with Crippen LogP contribution in [0.5, 0.6) is 0 Å².